The summed E-state index contributed by atoms with van der Waals surface area (Å²) in [6.07, 6.45) is 7.03. The van der Waals surface area contributed by atoms with Crippen LogP contribution in [0.25, 0.3) is 12.2 Å². The Kier molecular flexibility index (Phi) is 2.93. The molecule has 0 fully saturated rings. The average molecular weight is 297 g/mol. The van der Waals surface area contributed by atoms with Crippen LogP contribution in [0.1, 0.15) is 30.2 Å². The fourth-order valence-corrected chi connectivity index (χ4v) is 3.51. The summed E-state index contributed by atoms with van der Waals surface area (Å²) in [5.74, 6) is 0.0116. The van der Waals surface area contributed by atoms with Gasteiger partial charge < -0.3 is 0 Å². The number of anilines is 1. The molecule has 2 aliphatic carbocycles. The largest absolute Gasteiger partial charge is 0.287 e. The van der Waals surface area contributed by atoms with E-state index in [4.69, 9.17) is 0 Å². The molecule has 4 rings (SSSR count). The van der Waals surface area contributed by atoms with E-state index in [1.54, 1.807) is 11.3 Å². The number of rotatable bonds is 2. The molecule has 2 aliphatic rings. The first-order chi connectivity index (χ1) is 10.3. The van der Waals surface area contributed by atoms with Gasteiger partial charge in [0.25, 0.3) is 0 Å². The van der Waals surface area contributed by atoms with Gasteiger partial charge in [0.1, 0.15) is 5.71 Å². The molecule has 2 aromatic rings. The SMILES string of the molecule is O=C1/C(=N\Nc2nc3c(s2)=CCCC=3)Cc2ccccc21.[HH]. The van der Waals surface area contributed by atoms with Crippen molar-refractivity contribution in [3.8, 4) is 0 Å². The minimum atomic E-state index is 0. The Bertz CT molecular complexity index is 852. The number of nitrogens with zero attached hydrogens (tertiary/aromatic N) is 2. The summed E-state index contributed by atoms with van der Waals surface area (Å²) in [6, 6.07) is 7.66. The van der Waals surface area contributed by atoms with Crippen LogP contribution >= 0.6 is 11.3 Å². The van der Waals surface area contributed by atoms with E-state index in [0.29, 0.717) is 12.1 Å². The Morgan fingerprint density at radius 2 is 2.10 bits per heavy atom. The summed E-state index contributed by atoms with van der Waals surface area (Å²) in [5, 5.41) is 6.03. The third-order valence-corrected chi connectivity index (χ3v) is 4.66. The lowest BCUT2D eigenvalue weighted by Crippen LogP contribution is -2.22. The summed E-state index contributed by atoms with van der Waals surface area (Å²) in [5.41, 5.74) is 5.30. The minimum absolute atomic E-state index is 0. The fraction of sp³-hybridized carbons (Fsp3) is 0.188. The first-order valence-corrected chi connectivity index (χ1v) is 7.75. The molecule has 5 heteroatoms. The summed E-state index contributed by atoms with van der Waals surface area (Å²) in [4.78, 5) is 16.7. The van der Waals surface area contributed by atoms with Gasteiger partial charge >= 0.3 is 0 Å². The predicted molar refractivity (Wildman–Crippen MR) is 87.2 cm³/mol. The van der Waals surface area contributed by atoms with Crippen LogP contribution in [0.5, 0.6) is 0 Å². The number of hydrogen-bond donors (Lipinski definition) is 1. The number of carbonyl (C=O) groups is 1. The first-order valence-electron chi connectivity index (χ1n) is 6.94. The molecule has 0 bridgehead atoms. The van der Waals surface area contributed by atoms with E-state index in [1.165, 1.54) is 4.53 Å². The Labute approximate surface area is 127 Å². The number of thiazole rings is 1. The van der Waals surface area contributed by atoms with Crippen molar-refractivity contribution >= 4 is 40.1 Å². The van der Waals surface area contributed by atoms with Gasteiger partial charge in [-0.05, 0) is 18.4 Å². The first kappa shape index (κ1) is 12.5. The standard InChI is InChI=1S/C16H13N3OS.H2/c20-15-11-6-2-1-5-10(11)9-13(15)18-19-16-17-12-7-3-4-8-14(12)21-16;/h1-2,5-8H,3-4,9H2,(H,17,19);1H/b18-13-;. The molecule has 106 valence electrons. The van der Waals surface area contributed by atoms with Crippen molar-refractivity contribution in [2.75, 3.05) is 5.43 Å². The summed E-state index contributed by atoms with van der Waals surface area (Å²) in [6.45, 7) is 0. The molecule has 1 aromatic carbocycles. The topological polar surface area (TPSA) is 54.4 Å². The maximum atomic E-state index is 12.2. The second kappa shape index (κ2) is 4.93. The normalized spacial score (nSPS) is 17.9. The van der Waals surface area contributed by atoms with Gasteiger partial charge in [0, 0.05) is 13.4 Å². The van der Waals surface area contributed by atoms with Crippen molar-refractivity contribution in [1.29, 1.82) is 0 Å². The third kappa shape index (κ3) is 2.19. The molecule has 0 unspecified atom stereocenters. The number of nitrogens with one attached hydrogen (secondary N) is 1. The maximum Gasteiger partial charge on any atom is 0.209 e. The zero-order valence-electron chi connectivity index (χ0n) is 11.3. The molecule has 4 nitrogen and oxygen atoms in total. The average Bonchev–Trinajstić information content (AvgIpc) is 3.07. The summed E-state index contributed by atoms with van der Waals surface area (Å²) >= 11 is 1.58. The number of benzene rings is 1. The van der Waals surface area contributed by atoms with Crippen LogP contribution in [-0.4, -0.2) is 16.5 Å². The van der Waals surface area contributed by atoms with E-state index in [1.807, 2.05) is 24.3 Å². The third-order valence-electron chi connectivity index (χ3n) is 3.68. The molecular weight excluding hydrogens is 282 g/mol. The van der Waals surface area contributed by atoms with Crippen LogP contribution < -0.4 is 15.3 Å². The molecule has 1 aromatic heterocycles. The molecule has 0 radical (unpaired) electrons. The van der Waals surface area contributed by atoms with Crippen LogP contribution in [0, 0.1) is 0 Å². The van der Waals surface area contributed by atoms with Crippen LogP contribution in [0.3, 0.4) is 0 Å². The van der Waals surface area contributed by atoms with Gasteiger partial charge in [0.05, 0.1) is 9.88 Å². The Morgan fingerprint density at radius 1 is 1.24 bits per heavy atom. The summed E-state index contributed by atoms with van der Waals surface area (Å²) in [7, 11) is 0. The Balaban J connectivity index is 0.00000144. The molecular formula is C16H15N3OS. The monoisotopic (exact) mass is 297 g/mol. The zero-order valence-corrected chi connectivity index (χ0v) is 12.1. The van der Waals surface area contributed by atoms with Crippen molar-refractivity contribution in [3.05, 3.63) is 45.3 Å². The van der Waals surface area contributed by atoms with Gasteiger partial charge in [-0.25, -0.2) is 4.98 Å². The lowest BCUT2D eigenvalue weighted by Gasteiger charge is -1.95. The van der Waals surface area contributed by atoms with Gasteiger partial charge in [-0.15, -0.1) is 0 Å². The molecule has 0 saturated heterocycles. The van der Waals surface area contributed by atoms with Gasteiger partial charge in [0.15, 0.2) is 0 Å². The molecule has 1 heterocycles. The highest BCUT2D eigenvalue weighted by Gasteiger charge is 2.25. The van der Waals surface area contributed by atoms with Crippen molar-refractivity contribution in [2.45, 2.75) is 19.3 Å². The molecule has 0 amide bonds. The molecule has 0 spiro atoms. The van der Waals surface area contributed by atoms with Gasteiger partial charge in [-0.2, -0.15) is 5.10 Å². The highest BCUT2D eigenvalue weighted by atomic mass is 32.1. The number of hydrogen-bond acceptors (Lipinski definition) is 5. The molecule has 0 saturated carbocycles. The number of carbonyl (C=O) groups excluding carboxylic acids is 1. The van der Waals surface area contributed by atoms with E-state index in [-0.39, 0.29) is 7.21 Å². The second-order valence-corrected chi connectivity index (χ2v) is 6.12. The predicted octanol–water partition coefficient (Wildman–Crippen LogP) is 1.95. The van der Waals surface area contributed by atoms with Crippen LogP contribution in [0.15, 0.2) is 29.4 Å². The molecule has 21 heavy (non-hydrogen) atoms. The van der Waals surface area contributed by atoms with E-state index in [0.717, 1.165) is 34.4 Å². The van der Waals surface area contributed by atoms with E-state index in [2.05, 4.69) is 27.7 Å². The smallest absolute Gasteiger partial charge is 0.209 e. The van der Waals surface area contributed by atoms with Crippen LogP contribution in [0.4, 0.5) is 5.13 Å². The lowest BCUT2D eigenvalue weighted by molar-refractivity contribution is 0.106. The Hall–Kier alpha value is -2.27. The maximum absolute atomic E-state index is 12.2. The highest BCUT2D eigenvalue weighted by Crippen LogP contribution is 2.20. The Morgan fingerprint density at radius 3 is 2.95 bits per heavy atom. The van der Waals surface area contributed by atoms with E-state index in [9.17, 15) is 4.79 Å². The molecule has 0 atom stereocenters. The van der Waals surface area contributed by atoms with Crippen molar-refractivity contribution in [1.82, 2.24) is 4.98 Å². The van der Waals surface area contributed by atoms with Gasteiger partial charge in [0.2, 0.25) is 10.9 Å². The van der Waals surface area contributed by atoms with Crippen molar-refractivity contribution < 1.29 is 6.22 Å². The fourth-order valence-electron chi connectivity index (χ4n) is 2.64. The van der Waals surface area contributed by atoms with Crippen LogP contribution in [0.2, 0.25) is 0 Å². The van der Waals surface area contributed by atoms with E-state index >= 15 is 0 Å². The van der Waals surface area contributed by atoms with Crippen LogP contribution in [-0.2, 0) is 6.42 Å². The molecule has 1 N–H and O–H groups in total. The quantitative estimate of drug-likeness (QED) is 0.862. The number of hydrazone groups is 1. The lowest BCUT2D eigenvalue weighted by atomic mass is 10.1. The van der Waals surface area contributed by atoms with Crippen molar-refractivity contribution in [3.63, 3.8) is 0 Å². The molecule has 0 aliphatic heterocycles. The summed E-state index contributed by atoms with van der Waals surface area (Å²) < 4.78 is 1.19. The highest BCUT2D eigenvalue weighted by molar-refractivity contribution is 7.13. The second-order valence-electron chi connectivity index (χ2n) is 5.09. The number of fused-ring (bicyclic) bond motifs is 2. The van der Waals surface area contributed by atoms with Crippen molar-refractivity contribution in [2.24, 2.45) is 5.10 Å². The minimum Gasteiger partial charge on any atom is -0.287 e. The number of Topliss-reactive ketones (excluding diaryl/α,β-unsaturated/α-hetero) is 1. The zero-order chi connectivity index (χ0) is 14.2. The number of aromatic nitrogens is 1. The van der Waals surface area contributed by atoms with Gasteiger partial charge in [-0.1, -0.05) is 47.8 Å². The number of ketones is 1. The van der Waals surface area contributed by atoms with E-state index < -0.39 is 0 Å². The van der Waals surface area contributed by atoms with Gasteiger partial charge in [-0.3, -0.25) is 10.2 Å².